The number of nitrogens with one attached hydrogen (secondary N) is 1. The number of benzene rings is 1. The van der Waals surface area contributed by atoms with Crippen molar-refractivity contribution >= 4 is 31.6 Å². The molecular formula is C12H11BrN2O2S. The SMILES string of the molecule is Cc1cncc(NS(=O)(=O)c2ccc(Br)cc2)c1. The average molecular weight is 327 g/mol. The summed E-state index contributed by atoms with van der Waals surface area (Å²) in [4.78, 5) is 4.16. The Morgan fingerprint density at radius 1 is 1.17 bits per heavy atom. The number of hydrogen-bond acceptors (Lipinski definition) is 3. The van der Waals surface area contributed by atoms with E-state index in [0.717, 1.165) is 10.0 Å². The number of sulfonamides is 1. The molecule has 1 aromatic heterocycles. The smallest absolute Gasteiger partial charge is 0.261 e. The summed E-state index contributed by atoms with van der Waals surface area (Å²) in [6.45, 7) is 1.85. The van der Waals surface area contributed by atoms with Gasteiger partial charge in [-0.15, -0.1) is 0 Å². The summed E-state index contributed by atoms with van der Waals surface area (Å²) < 4.78 is 27.5. The van der Waals surface area contributed by atoms with Crippen LogP contribution in [-0.2, 0) is 10.0 Å². The molecule has 1 heterocycles. The summed E-state index contributed by atoms with van der Waals surface area (Å²) in [7, 11) is -3.56. The maximum atomic E-state index is 12.1. The van der Waals surface area contributed by atoms with E-state index in [1.165, 1.54) is 18.3 Å². The Labute approximate surface area is 114 Å². The number of aryl methyl sites for hydroxylation is 1. The van der Waals surface area contributed by atoms with E-state index in [1.807, 2.05) is 6.92 Å². The second kappa shape index (κ2) is 5.07. The van der Waals surface area contributed by atoms with Crippen LogP contribution in [0.4, 0.5) is 5.69 Å². The zero-order valence-corrected chi connectivity index (χ0v) is 12.0. The third kappa shape index (κ3) is 3.08. The molecule has 1 aromatic carbocycles. The van der Waals surface area contributed by atoms with Crippen molar-refractivity contribution in [2.75, 3.05) is 4.72 Å². The van der Waals surface area contributed by atoms with Gasteiger partial charge < -0.3 is 0 Å². The summed E-state index contributed by atoms with van der Waals surface area (Å²) in [6.07, 6.45) is 3.14. The number of pyridine rings is 1. The Balaban J connectivity index is 2.30. The molecule has 2 aromatic rings. The van der Waals surface area contributed by atoms with Gasteiger partial charge in [0.25, 0.3) is 10.0 Å². The van der Waals surface area contributed by atoms with Crippen LogP contribution in [0.5, 0.6) is 0 Å². The lowest BCUT2D eigenvalue weighted by molar-refractivity contribution is 0.601. The first-order valence-electron chi connectivity index (χ1n) is 5.17. The highest BCUT2D eigenvalue weighted by molar-refractivity contribution is 9.10. The first-order valence-corrected chi connectivity index (χ1v) is 7.45. The molecule has 0 aliphatic carbocycles. The molecule has 0 aliphatic rings. The molecule has 0 atom stereocenters. The molecule has 0 amide bonds. The molecule has 0 saturated carbocycles. The molecule has 0 saturated heterocycles. The zero-order valence-electron chi connectivity index (χ0n) is 9.59. The number of anilines is 1. The van der Waals surface area contributed by atoms with E-state index in [0.29, 0.717) is 5.69 Å². The van der Waals surface area contributed by atoms with E-state index < -0.39 is 10.0 Å². The fourth-order valence-electron chi connectivity index (χ4n) is 1.44. The summed E-state index contributed by atoms with van der Waals surface area (Å²) in [6, 6.07) is 8.17. The van der Waals surface area contributed by atoms with E-state index in [4.69, 9.17) is 0 Å². The van der Waals surface area contributed by atoms with Gasteiger partial charge in [0.15, 0.2) is 0 Å². The van der Waals surface area contributed by atoms with Crippen LogP contribution in [0.2, 0.25) is 0 Å². The van der Waals surface area contributed by atoms with Gasteiger partial charge in [-0.1, -0.05) is 15.9 Å². The maximum absolute atomic E-state index is 12.1. The van der Waals surface area contributed by atoms with Crippen LogP contribution in [0, 0.1) is 6.92 Å². The van der Waals surface area contributed by atoms with E-state index in [2.05, 4.69) is 25.6 Å². The van der Waals surface area contributed by atoms with Crippen molar-refractivity contribution in [2.24, 2.45) is 0 Å². The highest BCUT2D eigenvalue weighted by atomic mass is 79.9. The van der Waals surface area contributed by atoms with E-state index in [-0.39, 0.29) is 4.90 Å². The standard InChI is InChI=1S/C12H11BrN2O2S/c1-9-6-11(8-14-7-9)15-18(16,17)12-4-2-10(13)3-5-12/h2-8,15H,1H3. The third-order valence-electron chi connectivity index (χ3n) is 2.25. The molecule has 1 N–H and O–H groups in total. The van der Waals surface area contributed by atoms with Crippen LogP contribution in [0.1, 0.15) is 5.56 Å². The van der Waals surface area contributed by atoms with Gasteiger partial charge in [-0.05, 0) is 42.8 Å². The van der Waals surface area contributed by atoms with Crippen LogP contribution in [0.3, 0.4) is 0 Å². The summed E-state index contributed by atoms with van der Waals surface area (Å²) >= 11 is 3.26. The monoisotopic (exact) mass is 326 g/mol. The minimum absolute atomic E-state index is 0.215. The van der Waals surface area contributed by atoms with Gasteiger partial charge in [0.2, 0.25) is 0 Å². The minimum atomic E-state index is -3.56. The van der Waals surface area contributed by atoms with Crippen molar-refractivity contribution in [3.8, 4) is 0 Å². The van der Waals surface area contributed by atoms with E-state index in [9.17, 15) is 8.42 Å². The van der Waals surface area contributed by atoms with Crippen LogP contribution < -0.4 is 4.72 Å². The minimum Gasteiger partial charge on any atom is -0.278 e. The predicted molar refractivity (Wildman–Crippen MR) is 73.9 cm³/mol. The molecule has 0 fully saturated rings. The van der Waals surface area contributed by atoms with Crippen LogP contribution in [-0.4, -0.2) is 13.4 Å². The molecule has 0 radical (unpaired) electrons. The lowest BCUT2D eigenvalue weighted by Crippen LogP contribution is -2.13. The molecular weight excluding hydrogens is 316 g/mol. The Morgan fingerprint density at radius 3 is 2.44 bits per heavy atom. The van der Waals surface area contributed by atoms with Gasteiger partial charge in [-0.3, -0.25) is 9.71 Å². The normalized spacial score (nSPS) is 11.2. The Bertz CT molecular complexity index is 654. The Hall–Kier alpha value is -1.40. The van der Waals surface area contributed by atoms with Gasteiger partial charge in [-0.25, -0.2) is 8.42 Å². The molecule has 0 spiro atoms. The number of nitrogens with zero attached hydrogens (tertiary/aromatic N) is 1. The first kappa shape index (κ1) is 13.0. The molecule has 18 heavy (non-hydrogen) atoms. The first-order chi connectivity index (χ1) is 8.47. The van der Waals surface area contributed by atoms with Gasteiger partial charge in [0.05, 0.1) is 16.8 Å². The lowest BCUT2D eigenvalue weighted by Gasteiger charge is -2.08. The van der Waals surface area contributed by atoms with Crippen LogP contribution in [0.25, 0.3) is 0 Å². The fourth-order valence-corrected chi connectivity index (χ4v) is 2.74. The van der Waals surface area contributed by atoms with Crippen molar-refractivity contribution in [3.05, 3.63) is 52.8 Å². The Kier molecular flexibility index (Phi) is 3.68. The van der Waals surface area contributed by atoms with Crippen molar-refractivity contribution in [1.29, 1.82) is 0 Å². The number of rotatable bonds is 3. The summed E-state index contributed by atoms with van der Waals surface area (Å²) in [5.74, 6) is 0. The van der Waals surface area contributed by atoms with E-state index in [1.54, 1.807) is 24.4 Å². The van der Waals surface area contributed by atoms with Crippen molar-refractivity contribution < 1.29 is 8.42 Å². The largest absolute Gasteiger partial charge is 0.278 e. The maximum Gasteiger partial charge on any atom is 0.261 e. The lowest BCUT2D eigenvalue weighted by atomic mass is 10.3. The van der Waals surface area contributed by atoms with Gasteiger partial charge in [0.1, 0.15) is 0 Å². The second-order valence-electron chi connectivity index (χ2n) is 3.81. The Morgan fingerprint density at radius 2 is 1.83 bits per heavy atom. The number of aromatic nitrogens is 1. The second-order valence-corrected chi connectivity index (χ2v) is 6.41. The molecule has 0 bridgehead atoms. The quantitative estimate of drug-likeness (QED) is 0.943. The molecule has 0 aliphatic heterocycles. The zero-order chi connectivity index (χ0) is 13.2. The highest BCUT2D eigenvalue weighted by Gasteiger charge is 2.13. The van der Waals surface area contributed by atoms with Crippen molar-refractivity contribution in [2.45, 2.75) is 11.8 Å². The average Bonchev–Trinajstić information content (AvgIpc) is 2.29. The van der Waals surface area contributed by atoms with Crippen LogP contribution >= 0.6 is 15.9 Å². The van der Waals surface area contributed by atoms with Gasteiger partial charge in [0, 0.05) is 10.7 Å². The third-order valence-corrected chi connectivity index (χ3v) is 4.18. The van der Waals surface area contributed by atoms with Crippen molar-refractivity contribution in [3.63, 3.8) is 0 Å². The summed E-state index contributed by atoms with van der Waals surface area (Å²) in [5, 5.41) is 0. The summed E-state index contributed by atoms with van der Waals surface area (Å²) in [5.41, 5.74) is 1.35. The van der Waals surface area contributed by atoms with Crippen LogP contribution in [0.15, 0.2) is 52.1 Å². The molecule has 4 nitrogen and oxygen atoms in total. The molecule has 6 heteroatoms. The number of hydrogen-bond donors (Lipinski definition) is 1. The fraction of sp³-hybridized carbons (Fsp3) is 0.0833. The molecule has 2 rings (SSSR count). The molecule has 0 unspecified atom stereocenters. The number of halogens is 1. The van der Waals surface area contributed by atoms with Crippen molar-refractivity contribution in [1.82, 2.24) is 4.98 Å². The topological polar surface area (TPSA) is 59.1 Å². The predicted octanol–water partition coefficient (Wildman–Crippen LogP) is 2.95. The molecule has 94 valence electrons. The van der Waals surface area contributed by atoms with Gasteiger partial charge >= 0.3 is 0 Å². The highest BCUT2D eigenvalue weighted by Crippen LogP contribution is 2.18. The van der Waals surface area contributed by atoms with Gasteiger partial charge in [-0.2, -0.15) is 0 Å². The van der Waals surface area contributed by atoms with E-state index >= 15 is 0 Å².